The summed E-state index contributed by atoms with van der Waals surface area (Å²) in [6.45, 7) is 5.93. The van der Waals surface area contributed by atoms with Crippen LogP contribution in [-0.4, -0.2) is 0 Å². The predicted molar refractivity (Wildman–Crippen MR) is 34.5 cm³/mol. The molecular formula is C6H16N. The first-order chi connectivity index (χ1) is 2.91. The first kappa shape index (κ1) is 10.0. The van der Waals surface area contributed by atoms with Gasteiger partial charge in [-0.15, -0.1) is 0 Å². The van der Waals surface area contributed by atoms with Crippen LogP contribution in [0, 0.1) is 6.92 Å². The molecular weight excluding hydrogens is 86.1 g/mol. The predicted octanol–water partition coefficient (Wildman–Crippen LogP) is 2.56. The SMILES string of the molecule is N.[CH2]CCCCC. The molecule has 0 aliphatic heterocycles. The van der Waals surface area contributed by atoms with Gasteiger partial charge in [-0.05, 0) is 0 Å². The van der Waals surface area contributed by atoms with Gasteiger partial charge in [0.1, 0.15) is 0 Å². The van der Waals surface area contributed by atoms with E-state index in [0.29, 0.717) is 0 Å². The van der Waals surface area contributed by atoms with Gasteiger partial charge in [0.05, 0.1) is 0 Å². The maximum atomic E-state index is 3.72. The summed E-state index contributed by atoms with van der Waals surface area (Å²) < 4.78 is 0. The van der Waals surface area contributed by atoms with E-state index in [9.17, 15) is 0 Å². The molecule has 0 amide bonds. The summed E-state index contributed by atoms with van der Waals surface area (Å²) in [6.07, 6.45) is 5.07. The highest BCUT2D eigenvalue weighted by molar-refractivity contribution is 4.38. The molecule has 0 unspecified atom stereocenters. The van der Waals surface area contributed by atoms with Gasteiger partial charge >= 0.3 is 0 Å². The first-order valence-electron chi connectivity index (χ1n) is 2.71. The number of hydrogen-bond donors (Lipinski definition) is 1. The molecule has 1 heteroatoms. The van der Waals surface area contributed by atoms with Crippen LogP contribution in [0.2, 0.25) is 0 Å². The second-order valence-electron chi connectivity index (χ2n) is 1.56. The summed E-state index contributed by atoms with van der Waals surface area (Å²) in [7, 11) is 0. The van der Waals surface area contributed by atoms with Crippen LogP contribution in [0.15, 0.2) is 0 Å². The van der Waals surface area contributed by atoms with Gasteiger partial charge in [0.15, 0.2) is 0 Å². The van der Waals surface area contributed by atoms with Gasteiger partial charge < -0.3 is 6.15 Å². The Morgan fingerprint density at radius 3 is 2.00 bits per heavy atom. The first-order valence-corrected chi connectivity index (χ1v) is 2.71. The molecule has 0 aliphatic carbocycles. The fourth-order valence-corrected chi connectivity index (χ4v) is 0.427. The average Bonchev–Trinajstić information content (AvgIpc) is 1.61. The Kier molecular flexibility index (Phi) is 13.4. The summed E-state index contributed by atoms with van der Waals surface area (Å²) in [5.74, 6) is 0. The molecule has 0 fully saturated rings. The molecule has 0 atom stereocenters. The van der Waals surface area contributed by atoms with Crippen molar-refractivity contribution in [3.63, 3.8) is 0 Å². The maximum absolute atomic E-state index is 3.72. The van der Waals surface area contributed by atoms with E-state index < -0.39 is 0 Å². The van der Waals surface area contributed by atoms with Crippen LogP contribution in [0.1, 0.15) is 32.6 Å². The molecule has 0 saturated heterocycles. The third-order valence-corrected chi connectivity index (χ3v) is 0.854. The zero-order valence-electron chi connectivity index (χ0n) is 5.24. The summed E-state index contributed by atoms with van der Waals surface area (Å²) >= 11 is 0. The van der Waals surface area contributed by atoms with E-state index in [1.165, 1.54) is 19.3 Å². The van der Waals surface area contributed by atoms with Crippen molar-refractivity contribution in [2.75, 3.05) is 0 Å². The molecule has 0 spiro atoms. The van der Waals surface area contributed by atoms with E-state index >= 15 is 0 Å². The quantitative estimate of drug-likeness (QED) is 0.546. The minimum atomic E-state index is 0. The van der Waals surface area contributed by atoms with Crippen molar-refractivity contribution in [1.82, 2.24) is 6.15 Å². The monoisotopic (exact) mass is 102 g/mol. The normalized spacial score (nSPS) is 7.71. The Labute approximate surface area is 46.7 Å². The van der Waals surface area contributed by atoms with E-state index in [2.05, 4.69) is 13.8 Å². The second-order valence-corrected chi connectivity index (χ2v) is 1.56. The highest BCUT2D eigenvalue weighted by Crippen LogP contribution is 1.95. The van der Waals surface area contributed by atoms with Gasteiger partial charge in [-0.2, -0.15) is 0 Å². The van der Waals surface area contributed by atoms with Gasteiger partial charge in [-0.1, -0.05) is 39.5 Å². The highest BCUT2D eigenvalue weighted by atomic mass is 14.0. The lowest BCUT2D eigenvalue weighted by atomic mass is 10.2. The van der Waals surface area contributed by atoms with Gasteiger partial charge in [-0.25, -0.2) is 0 Å². The van der Waals surface area contributed by atoms with Crippen molar-refractivity contribution in [3.8, 4) is 0 Å². The van der Waals surface area contributed by atoms with Crippen LogP contribution in [0.4, 0.5) is 0 Å². The number of hydrogen-bond acceptors (Lipinski definition) is 1. The molecule has 0 aromatic rings. The average molecular weight is 102 g/mol. The Bertz CT molecular complexity index is 16.1. The van der Waals surface area contributed by atoms with Crippen LogP contribution >= 0.6 is 0 Å². The molecule has 0 aliphatic rings. The van der Waals surface area contributed by atoms with E-state index in [1.807, 2.05) is 0 Å². The second kappa shape index (κ2) is 9.35. The topological polar surface area (TPSA) is 35.0 Å². The fourth-order valence-electron chi connectivity index (χ4n) is 0.427. The minimum absolute atomic E-state index is 0. The molecule has 1 nitrogen and oxygen atoms in total. The van der Waals surface area contributed by atoms with Crippen LogP contribution < -0.4 is 6.15 Å². The van der Waals surface area contributed by atoms with Gasteiger partial charge in [0.2, 0.25) is 0 Å². The van der Waals surface area contributed by atoms with E-state index in [0.717, 1.165) is 6.42 Å². The maximum Gasteiger partial charge on any atom is -0.0533 e. The van der Waals surface area contributed by atoms with Crippen LogP contribution in [-0.2, 0) is 0 Å². The molecule has 0 bridgehead atoms. The van der Waals surface area contributed by atoms with Crippen molar-refractivity contribution in [3.05, 3.63) is 6.92 Å². The number of unbranched alkanes of at least 4 members (excludes halogenated alkanes) is 3. The molecule has 1 radical (unpaired) electrons. The van der Waals surface area contributed by atoms with Crippen molar-refractivity contribution in [2.45, 2.75) is 32.6 Å². The summed E-state index contributed by atoms with van der Waals surface area (Å²) in [6, 6.07) is 0. The van der Waals surface area contributed by atoms with Gasteiger partial charge in [0.25, 0.3) is 0 Å². The lowest BCUT2D eigenvalue weighted by molar-refractivity contribution is 0.728. The third kappa shape index (κ3) is 10.7. The Balaban J connectivity index is 0. The highest BCUT2D eigenvalue weighted by Gasteiger charge is 1.75. The van der Waals surface area contributed by atoms with E-state index in [-0.39, 0.29) is 6.15 Å². The molecule has 0 aromatic carbocycles. The molecule has 7 heavy (non-hydrogen) atoms. The Hall–Kier alpha value is -0.0400. The van der Waals surface area contributed by atoms with Crippen LogP contribution in [0.25, 0.3) is 0 Å². The zero-order chi connectivity index (χ0) is 4.83. The third-order valence-electron chi connectivity index (χ3n) is 0.854. The lowest BCUT2D eigenvalue weighted by Gasteiger charge is -1.86. The van der Waals surface area contributed by atoms with Gasteiger partial charge in [-0.3, -0.25) is 0 Å². The van der Waals surface area contributed by atoms with Crippen molar-refractivity contribution >= 4 is 0 Å². The fraction of sp³-hybridized carbons (Fsp3) is 0.833. The molecule has 3 N–H and O–H groups in total. The van der Waals surface area contributed by atoms with Crippen LogP contribution in [0.5, 0.6) is 0 Å². The largest absolute Gasteiger partial charge is 0.344 e. The lowest BCUT2D eigenvalue weighted by Crippen LogP contribution is -1.66. The smallest absolute Gasteiger partial charge is 0.0533 e. The van der Waals surface area contributed by atoms with Crippen LogP contribution in [0.3, 0.4) is 0 Å². The van der Waals surface area contributed by atoms with E-state index in [4.69, 9.17) is 0 Å². The minimum Gasteiger partial charge on any atom is -0.344 e. The molecule has 0 heterocycles. The molecule has 0 rings (SSSR count). The Morgan fingerprint density at radius 2 is 1.86 bits per heavy atom. The van der Waals surface area contributed by atoms with Gasteiger partial charge in [0, 0.05) is 0 Å². The Morgan fingerprint density at radius 1 is 1.29 bits per heavy atom. The van der Waals surface area contributed by atoms with Crippen molar-refractivity contribution in [1.29, 1.82) is 0 Å². The summed E-state index contributed by atoms with van der Waals surface area (Å²) in [5.41, 5.74) is 0. The molecule has 0 saturated carbocycles. The van der Waals surface area contributed by atoms with E-state index in [1.54, 1.807) is 0 Å². The summed E-state index contributed by atoms with van der Waals surface area (Å²) in [4.78, 5) is 0. The summed E-state index contributed by atoms with van der Waals surface area (Å²) in [5, 5.41) is 0. The standard InChI is InChI=1S/C6H13.H3N/c1-3-5-6-4-2;/h1,3-6H2,2H3;1H3. The van der Waals surface area contributed by atoms with Crippen molar-refractivity contribution < 1.29 is 0 Å². The zero-order valence-corrected chi connectivity index (χ0v) is 5.24. The van der Waals surface area contributed by atoms with Crippen molar-refractivity contribution in [2.24, 2.45) is 0 Å². The molecule has 0 aromatic heterocycles. The molecule has 45 valence electrons. The number of rotatable bonds is 3.